The molecule has 0 saturated heterocycles. The Morgan fingerprint density at radius 3 is 2.62 bits per heavy atom. The van der Waals surface area contributed by atoms with Crippen molar-refractivity contribution < 1.29 is 17.9 Å². The quantitative estimate of drug-likeness (QED) is 0.732. The van der Waals surface area contributed by atoms with E-state index in [4.69, 9.17) is 16.3 Å². The number of carbonyl (C=O) groups is 1. The number of sulfonamides is 1. The van der Waals surface area contributed by atoms with Gasteiger partial charge in [0.1, 0.15) is 10.6 Å². The van der Waals surface area contributed by atoms with E-state index in [0.29, 0.717) is 13.0 Å². The van der Waals surface area contributed by atoms with Gasteiger partial charge in [0.25, 0.3) is 0 Å². The van der Waals surface area contributed by atoms with Crippen LogP contribution in [0.15, 0.2) is 47.6 Å². The van der Waals surface area contributed by atoms with Crippen LogP contribution in [0.4, 0.5) is 0 Å². The number of methoxy groups -OCH3 is 1. The van der Waals surface area contributed by atoms with Gasteiger partial charge in [-0.25, -0.2) is 13.1 Å². The van der Waals surface area contributed by atoms with Gasteiger partial charge in [-0.2, -0.15) is 0 Å². The summed E-state index contributed by atoms with van der Waals surface area (Å²) in [6, 6.07) is 8.00. The van der Waals surface area contributed by atoms with E-state index in [-0.39, 0.29) is 28.1 Å². The summed E-state index contributed by atoms with van der Waals surface area (Å²) in [6.45, 7) is 0.107. The van der Waals surface area contributed by atoms with Crippen molar-refractivity contribution in [2.75, 3.05) is 27.2 Å². The molecule has 0 fully saturated rings. The first kappa shape index (κ1) is 20.2. The fraction of sp³-hybridized carbons (Fsp3) is 0.294. The molecule has 1 amide bonds. The molecule has 0 saturated carbocycles. The summed E-state index contributed by atoms with van der Waals surface area (Å²) in [7, 11) is -0.952. The highest BCUT2D eigenvalue weighted by Crippen LogP contribution is 2.26. The number of hydrogen-bond donors (Lipinski definition) is 1. The van der Waals surface area contributed by atoms with E-state index in [9.17, 15) is 13.2 Å². The fourth-order valence-electron chi connectivity index (χ4n) is 2.20. The lowest BCUT2D eigenvalue weighted by Crippen LogP contribution is -2.39. The first-order chi connectivity index (χ1) is 12.3. The maximum atomic E-state index is 12.4. The zero-order valence-electron chi connectivity index (χ0n) is 14.5. The molecule has 0 aliphatic heterocycles. The second kappa shape index (κ2) is 8.98. The van der Waals surface area contributed by atoms with Crippen LogP contribution in [0.25, 0.3) is 0 Å². The number of benzene rings is 1. The zero-order chi connectivity index (χ0) is 19.2. The number of pyridine rings is 1. The molecule has 0 unspecified atom stereocenters. The summed E-state index contributed by atoms with van der Waals surface area (Å²) >= 11 is 5.87. The monoisotopic (exact) mass is 397 g/mol. The Hall–Kier alpha value is -2.16. The van der Waals surface area contributed by atoms with E-state index in [0.717, 1.165) is 5.56 Å². The molecule has 0 spiro atoms. The summed E-state index contributed by atoms with van der Waals surface area (Å²) < 4.78 is 32.2. The molecule has 0 radical (unpaired) electrons. The molecular formula is C17H20ClN3O4S. The number of ether oxygens (including phenoxy) is 1. The van der Waals surface area contributed by atoms with E-state index in [1.807, 2.05) is 12.1 Å². The average Bonchev–Trinajstić information content (AvgIpc) is 2.65. The summed E-state index contributed by atoms with van der Waals surface area (Å²) in [5.74, 6) is -0.191. The third kappa shape index (κ3) is 5.42. The Bertz CT molecular complexity index is 860. The molecule has 1 heterocycles. The molecule has 7 nitrogen and oxygen atoms in total. The molecule has 1 N–H and O–H groups in total. The highest BCUT2D eigenvalue weighted by atomic mass is 35.5. The van der Waals surface area contributed by atoms with Gasteiger partial charge in [0.05, 0.1) is 13.7 Å². The third-order valence-corrected chi connectivity index (χ3v) is 5.40. The molecule has 26 heavy (non-hydrogen) atoms. The first-order valence-corrected chi connectivity index (χ1v) is 9.65. The van der Waals surface area contributed by atoms with Gasteiger partial charge in [0.15, 0.2) is 0 Å². The largest absolute Gasteiger partial charge is 0.495 e. The molecule has 140 valence electrons. The molecule has 1 aromatic heterocycles. The lowest BCUT2D eigenvalue weighted by molar-refractivity contribution is -0.128. The minimum Gasteiger partial charge on any atom is -0.495 e. The summed E-state index contributed by atoms with van der Waals surface area (Å²) in [5, 5.41) is 0.256. The minimum atomic E-state index is -3.94. The van der Waals surface area contributed by atoms with Gasteiger partial charge in [0.2, 0.25) is 15.9 Å². The van der Waals surface area contributed by atoms with E-state index in [1.165, 1.54) is 30.2 Å². The second-order valence-corrected chi connectivity index (χ2v) is 7.71. The molecule has 0 aliphatic carbocycles. The Kier molecular flexibility index (Phi) is 6.96. The number of amides is 1. The van der Waals surface area contributed by atoms with Crippen LogP contribution < -0.4 is 9.46 Å². The number of carbonyl (C=O) groups excluding carboxylic acids is 1. The van der Waals surface area contributed by atoms with Crippen LogP contribution in [-0.4, -0.2) is 51.5 Å². The maximum Gasteiger partial charge on any atom is 0.244 e. The van der Waals surface area contributed by atoms with Gasteiger partial charge >= 0.3 is 0 Å². The van der Waals surface area contributed by atoms with Crippen LogP contribution in [0.3, 0.4) is 0 Å². The number of aromatic nitrogens is 1. The van der Waals surface area contributed by atoms with Crippen LogP contribution in [-0.2, 0) is 21.2 Å². The SMILES string of the molecule is COc1ccc(Cl)cc1S(=O)(=O)NCC(=O)N(C)CCc1ccncc1. The Balaban J connectivity index is 1.96. The van der Waals surface area contributed by atoms with Crippen molar-refractivity contribution in [2.24, 2.45) is 0 Å². The number of nitrogens with zero attached hydrogens (tertiary/aromatic N) is 2. The number of nitrogens with one attached hydrogen (secondary N) is 1. The van der Waals surface area contributed by atoms with Crippen LogP contribution in [0.1, 0.15) is 5.56 Å². The van der Waals surface area contributed by atoms with Gasteiger partial charge in [-0.3, -0.25) is 9.78 Å². The van der Waals surface area contributed by atoms with Gasteiger partial charge < -0.3 is 9.64 Å². The van der Waals surface area contributed by atoms with Crippen LogP contribution in [0, 0.1) is 0 Å². The molecule has 0 bridgehead atoms. The predicted molar refractivity (Wildman–Crippen MR) is 98.8 cm³/mol. The lowest BCUT2D eigenvalue weighted by atomic mass is 10.2. The van der Waals surface area contributed by atoms with Crippen LogP contribution in [0.5, 0.6) is 5.75 Å². The van der Waals surface area contributed by atoms with Gasteiger partial charge in [-0.05, 0) is 42.3 Å². The van der Waals surface area contributed by atoms with Crippen molar-refractivity contribution in [1.29, 1.82) is 0 Å². The fourth-order valence-corrected chi connectivity index (χ4v) is 3.61. The van der Waals surface area contributed by atoms with Gasteiger partial charge in [-0.15, -0.1) is 0 Å². The molecule has 9 heteroatoms. The smallest absolute Gasteiger partial charge is 0.244 e. The van der Waals surface area contributed by atoms with Crippen LogP contribution in [0.2, 0.25) is 5.02 Å². The number of likely N-dealkylation sites (N-methyl/N-ethyl adjacent to an activating group) is 1. The Labute approximate surface area is 158 Å². The average molecular weight is 398 g/mol. The van der Waals surface area contributed by atoms with E-state index >= 15 is 0 Å². The topological polar surface area (TPSA) is 88.6 Å². The number of rotatable bonds is 8. The number of hydrogen-bond acceptors (Lipinski definition) is 5. The lowest BCUT2D eigenvalue weighted by Gasteiger charge is -2.18. The van der Waals surface area contributed by atoms with Crippen molar-refractivity contribution in [3.05, 3.63) is 53.3 Å². The van der Waals surface area contributed by atoms with Crippen LogP contribution >= 0.6 is 11.6 Å². The van der Waals surface area contributed by atoms with E-state index in [2.05, 4.69) is 9.71 Å². The van der Waals surface area contributed by atoms with E-state index in [1.54, 1.807) is 19.4 Å². The Morgan fingerprint density at radius 2 is 1.96 bits per heavy atom. The molecule has 1 aromatic carbocycles. The van der Waals surface area contributed by atoms with Gasteiger partial charge in [-0.1, -0.05) is 11.6 Å². The van der Waals surface area contributed by atoms with Crippen molar-refractivity contribution in [3.8, 4) is 5.75 Å². The molecule has 2 rings (SSSR count). The minimum absolute atomic E-state index is 0.111. The van der Waals surface area contributed by atoms with Crippen molar-refractivity contribution in [1.82, 2.24) is 14.6 Å². The maximum absolute atomic E-state index is 12.4. The second-order valence-electron chi connectivity index (χ2n) is 5.54. The molecular weight excluding hydrogens is 378 g/mol. The normalized spacial score (nSPS) is 11.2. The zero-order valence-corrected chi connectivity index (χ0v) is 16.0. The molecule has 2 aromatic rings. The summed E-state index contributed by atoms with van der Waals surface area (Å²) in [6.07, 6.45) is 4.02. The van der Waals surface area contributed by atoms with Gasteiger partial charge in [0, 0.05) is 31.0 Å². The summed E-state index contributed by atoms with van der Waals surface area (Å²) in [5.41, 5.74) is 1.05. The predicted octanol–water partition coefficient (Wildman–Crippen LogP) is 1.72. The third-order valence-electron chi connectivity index (χ3n) is 3.74. The van der Waals surface area contributed by atoms with Crippen molar-refractivity contribution in [3.63, 3.8) is 0 Å². The molecule has 0 aliphatic rings. The summed E-state index contributed by atoms with van der Waals surface area (Å²) in [4.78, 5) is 17.5. The number of halogens is 1. The highest BCUT2D eigenvalue weighted by molar-refractivity contribution is 7.89. The van der Waals surface area contributed by atoms with Crippen molar-refractivity contribution >= 4 is 27.5 Å². The van der Waals surface area contributed by atoms with Crippen molar-refractivity contribution in [2.45, 2.75) is 11.3 Å². The standard InChI is InChI=1S/C17H20ClN3O4S/c1-21(10-7-13-5-8-19-9-6-13)17(22)12-20-26(23,24)16-11-14(18)3-4-15(16)25-2/h3-6,8-9,11,20H,7,10,12H2,1-2H3. The highest BCUT2D eigenvalue weighted by Gasteiger charge is 2.21. The first-order valence-electron chi connectivity index (χ1n) is 7.79. The molecule has 0 atom stereocenters. The Morgan fingerprint density at radius 1 is 1.27 bits per heavy atom. The van der Waals surface area contributed by atoms with E-state index < -0.39 is 10.0 Å².